The fourth-order valence-electron chi connectivity index (χ4n) is 2.60. The molecule has 0 radical (unpaired) electrons. The second-order valence-corrected chi connectivity index (χ2v) is 6.99. The molecule has 7 heteroatoms. The van der Waals surface area contributed by atoms with E-state index < -0.39 is 0 Å². The van der Waals surface area contributed by atoms with E-state index in [0.717, 1.165) is 22.6 Å². The van der Waals surface area contributed by atoms with Crippen molar-refractivity contribution in [2.24, 2.45) is 0 Å². The summed E-state index contributed by atoms with van der Waals surface area (Å²) in [5.41, 5.74) is 3.64. The topological polar surface area (TPSA) is 76.1 Å². The Morgan fingerprint density at radius 1 is 0.966 bits per heavy atom. The smallest absolute Gasteiger partial charge is 0.264 e. The van der Waals surface area contributed by atoms with Gasteiger partial charge in [0.15, 0.2) is 11.7 Å². The molecule has 0 aliphatic carbocycles. The maximum atomic E-state index is 12.1. The standard InChI is InChI=1S/C22H18N4O2S/c27-21(26-22-25-20(15-29-22)16-5-4-12-23-13-16)14-28-19-10-8-18(9-11-19)24-17-6-2-1-3-7-17/h1-13,15,24H,14H2,(H,25,26,27). The van der Waals surface area contributed by atoms with Crippen molar-refractivity contribution < 1.29 is 9.53 Å². The zero-order chi connectivity index (χ0) is 19.9. The first-order chi connectivity index (χ1) is 14.3. The van der Waals surface area contributed by atoms with Crippen molar-refractivity contribution in [1.82, 2.24) is 9.97 Å². The van der Waals surface area contributed by atoms with Gasteiger partial charge in [-0.3, -0.25) is 15.1 Å². The van der Waals surface area contributed by atoms with Crippen LogP contribution in [0.4, 0.5) is 16.5 Å². The van der Waals surface area contributed by atoms with E-state index in [1.807, 2.05) is 72.1 Å². The number of nitrogens with one attached hydrogen (secondary N) is 2. The molecule has 2 heterocycles. The molecule has 0 fully saturated rings. The van der Waals surface area contributed by atoms with Gasteiger partial charge >= 0.3 is 0 Å². The average molecular weight is 402 g/mol. The van der Waals surface area contributed by atoms with Gasteiger partial charge in [0.1, 0.15) is 5.75 Å². The van der Waals surface area contributed by atoms with Crippen LogP contribution in [-0.4, -0.2) is 22.5 Å². The fourth-order valence-corrected chi connectivity index (χ4v) is 3.34. The number of carbonyl (C=O) groups excluding carboxylic acids is 1. The molecule has 0 aliphatic heterocycles. The van der Waals surface area contributed by atoms with Crippen LogP contribution in [-0.2, 0) is 4.79 Å². The van der Waals surface area contributed by atoms with E-state index in [4.69, 9.17) is 4.74 Å². The van der Waals surface area contributed by atoms with E-state index in [-0.39, 0.29) is 12.5 Å². The van der Waals surface area contributed by atoms with Gasteiger partial charge in [0.2, 0.25) is 0 Å². The lowest BCUT2D eigenvalue weighted by atomic mass is 10.2. The van der Waals surface area contributed by atoms with Crippen molar-refractivity contribution in [3.05, 3.63) is 84.5 Å². The molecule has 0 unspecified atom stereocenters. The Balaban J connectivity index is 1.28. The molecule has 144 valence electrons. The number of rotatable bonds is 7. The number of benzene rings is 2. The molecule has 29 heavy (non-hydrogen) atoms. The van der Waals surface area contributed by atoms with Crippen molar-refractivity contribution in [3.8, 4) is 17.0 Å². The molecule has 4 rings (SSSR count). The highest BCUT2D eigenvalue weighted by Crippen LogP contribution is 2.24. The predicted octanol–water partition coefficient (Wildman–Crippen LogP) is 4.97. The Morgan fingerprint density at radius 2 is 1.76 bits per heavy atom. The van der Waals surface area contributed by atoms with Gasteiger partial charge in [-0.1, -0.05) is 18.2 Å². The number of para-hydroxylation sites is 1. The molecular formula is C22H18N4O2S. The third-order valence-electron chi connectivity index (χ3n) is 3.99. The average Bonchev–Trinajstić information content (AvgIpc) is 3.23. The number of nitrogens with zero attached hydrogens (tertiary/aromatic N) is 2. The monoisotopic (exact) mass is 402 g/mol. The number of amides is 1. The van der Waals surface area contributed by atoms with Crippen LogP contribution >= 0.6 is 11.3 Å². The maximum absolute atomic E-state index is 12.1. The summed E-state index contributed by atoms with van der Waals surface area (Å²) < 4.78 is 5.56. The minimum absolute atomic E-state index is 0.0900. The van der Waals surface area contributed by atoms with Crippen molar-refractivity contribution >= 4 is 33.8 Å². The summed E-state index contributed by atoms with van der Waals surface area (Å²) in [5.74, 6) is 0.359. The lowest BCUT2D eigenvalue weighted by Crippen LogP contribution is -2.20. The van der Waals surface area contributed by atoms with Crippen LogP contribution in [0.1, 0.15) is 0 Å². The predicted molar refractivity (Wildman–Crippen MR) is 116 cm³/mol. The maximum Gasteiger partial charge on any atom is 0.264 e. The van der Waals surface area contributed by atoms with Gasteiger partial charge in [0.05, 0.1) is 5.69 Å². The lowest BCUT2D eigenvalue weighted by molar-refractivity contribution is -0.118. The molecule has 2 N–H and O–H groups in total. The molecule has 0 saturated carbocycles. The van der Waals surface area contributed by atoms with Crippen LogP contribution in [0.25, 0.3) is 11.3 Å². The molecular weight excluding hydrogens is 384 g/mol. The number of hydrogen-bond donors (Lipinski definition) is 2. The first kappa shape index (κ1) is 18.6. The summed E-state index contributed by atoms with van der Waals surface area (Å²) in [7, 11) is 0. The first-order valence-electron chi connectivity index (χ1n) is 8.97. The van der Waals surface area contributed by atoms with Crippen LogP contribution in [0.5, 0.6) is 5.75 Å². The van der Waals surface area contributed by atoms with E-state index in [1.54, 1.807) is 12.4 Å². The highest BCUT2D eigenvalue weighted by atomic mass is 32.1. The van der Waals surface area contributed by atoms with Crippen molar-refractivity contribution in [3.63, 3.8) is 0 Å². The normalized spacial score (nSPS) is 10.3. The second kappa shape index (κ2) is 8.99. The Kier molecular flexibility index (Phi) is 5.78. The molecule has 1 amide bonds. The molecule has 0 atom stereocenters. The molecule has 2 aromatic heterocycles. The zero-order valence-electron chi connectivity index (χ0n) is 15.4. The van der Waals surface area contributed by atoms with Crippen LogP contribution < -0.4 is 15.4 Å². The highest BCUT2D eigenvalue weighted by molar-refractivity contribution is 7.14. The molecule has 6 nitrogen and oxygen atoms in total. The molecule has 0 saturated heterocycles. The molecule has 0 spiro atoms. The number of pyridine rings is 1. The SMILES string of the molecule is O=C(COc1ccc(Nc2ccccc2)cc1)Nc1nc(-c2cccnc2)cs1. The van der Waals surface area contributed by atoms with Crippen LogP contribution in [0.2, 0.25) is 0 Å². The lowest BCUT2D eigenvalue weighted by Gasteiger charge is -2.09. The summed E-state index contributed by atoms with van der Waals surface area (Å²) in [6.07, 6.45) is 3.44. The molecule has 0 aliphatic rings. The minimum atomic E-state index is -0.261. The summed E-state index contributed by atoms with van der Waals surface area (Å²) in [6, 6.07) is 21.1. The number of carbonyl (C=O) groups is 1. The first-order valence-corrected chi connectivity index (χ1v) is 9.85. The zero-order valence-corrected chi connectivity index (χ0v) is 16.2. The van der Waals surface area contributed by atoms with Crippen LogP contribution in [0.3, 0.4) is 0 Å². The van der Waals surface area contributed by atoms with E-state index in [1.165, 1.54) is 11.3 Å². The summed E-state index contributed by atoms with van der Waals surface area (Å²) in [6.45, 7) is -0.0900. The van der Waals surface area contributed by atoms with Gasteiger partial charge in [-0.25, -0.2) is 4.98 Å². The van der Waals surface area contributed by atoms with Gasteiger partial charge in [-0.2, -0.15) is 0 Å². The molecule has 0 bridgehead atoms. The number of hydrogen-bond acceptors (Lipinski definition) is 6. The van der Waals surface area contributed by atoms with Crippen molar-refractivity contribution in [1.29, 1.82) is 0 Å². The number of ether oxygens (including phenoxy) is 1. The van der Waals surface area contributed by atoms with Gasteiger partial charge in [0.25, 0.3) is 5.91 Å². The number of thiazole rings is 1. The summed E-state index contributed by atoms with van der Waals surface area (Å²) in [4.78, 5) is 20.6. The van der Waals surface area contributed by atoms with Crippen LogP contribution in [0, 0.1) is 0 Å². The number of aromatic nitrogens is 2. The third kappa shape index (κ3) is 5.18. The van der Waals surface area contributed by atoms with Gasteiger partial charge < -0.3 is 10.1 Å². The van der Waals surface area contributed by atoms with Crippen molar-refractivity contribution in [2.75, 3.05) is 17.2 Å². The van der Waals surface area contributed by atoms with E-state index >= 15 is 0 Å². The molecule has 2 aromatic carbocycles. The Labute approximate surface area is 172 Å². The van der Waals surface area contributed by atoms with E-state index in [0.29, 0.717) is 10.9 Å². The Morgan fingerprint density at radius 3 is 2.52 bits per heavy atom. The fraction of sp³-hybridized carbons (Fsp3) is 0.0455. The summed E-state index contributed by atoms with van der Waals surface area (Å²) in [5, 5.41) is 8.46. The quantitative estimate of drug-likeness (QED) is 0.457. The minimum Gasteiger partial charge on any atom is -0.484 e. The van der Waals surface area contributed by atoms with Gasteiger partial charge in [-0.05, 0) is 48.5 Å². The van der Waals surface area contributed by atoms with Gasteiger partial charge in [-0.15, -0.1) is 11.3 Å². The largest absolute Gasteiger partial charge is 0.484 e. The third-order valence-corrected chi connectivity index (χ3v) is 4.75. The Bertz CT molecular complexity index is 1070. The highest BCUT2D eigenvalue weighted by Gasteiger charge is 2.09. The van der Waals surface area contributed by atoms with E-state index in [9.17, 15) is 4.79 Å². The summed E-state index contributed by atoms with van der Waals surface area (Å²) >= 11 is 1.36. The van der Waals surface area contributed by atoms with Crippen molar-refractivity contribution in [2.45, 2.75) is 0 Å². The molecule has 4 aromatic rings. The Hall–Kier alpha value is -3.71. The van der Waals surface area contributed by atoms with E-state index in [2.05, 4.69) is 20.6 Å². The van der Waals surface area contributed by atoms with Gasteiger partial charge in [0, 0.05) is 34.7 Å². The second-order valence-electron chi connectivity index (χ2n) is 6.13. The van der Waals surface area contributed by atoms with Crippen LogP contribution in [0.15, 0.2) is 84.5 Å². The number of anilines is 3.